The summed E-state index contributed by atoms with van der Waals surface area (Å²) in [6.07, 6.45) is 3.05. The molecule has 2 aliphatic heterocycles. The van der Waals surface area contributed by atoms with E-state index in [1.807, 2.05) is 11.0 Å². The number of hydrogen-bond donors (Lipinski definition) is 1. The number of carbonyl (C=O) groups excluding carboxylic acids is 3. The zero-order valence-electron chi connectivity index (χ0n) is 19.6. The molecule has 2 aromatic heterocycles. The molecule has 1 spiro atoms. The molecule has 198 valence electrons. The first-order valence-corrected chi connectivity index (χ1v) is 13.0. The lowest BCUT2D eigenvalue weighted by Crippen LogP contribution is -2.64. The van der Waals surface area contributed by atoms with E-state index >= 15 is 8.78 Å². The fourth-order valence-electron chi connectivity index (χ4n) is 4.91. The van der Waals surface area contributed by atoms with Crippen molar-refractivity contribution in [3.05, 3.63) is 74.8 Å². The highest BCUT2D eigenvalue weighted by Gasteiger charge is 2.60. The van der Waals surface area contributed by atoms with Gasteiger partial charge in [-0.2, -0.15) is 8.78 Å². The summed E-state index contributed by atoms with van der Waals surface area (Å²) in [5.74, 6) is -1.99. The van der Waals surface area contributed by atoms with Crippen molar-refractivity contribution >= 4 is 58.1 Å². The molecule has 2 N–H and O–H groups in total. The number of hydrazine groups is 1. The smallest absolute Gasteiger partial charge is 0.351 e. The van der Waals surface area contributed by atoms with Crippen LogP contribution in [-0.4, -0.2) is 63.8 Å². The molecule has 5 rings (SSSR count). The molecule has 4 heterocycles. The lowest BCUT2D eigenvalue weighted by atomic mass is 9.71. The third-order valence-electron chi connectivity index (χ3n) is 6.87. The van der Waals surface area contributed by atoms with Gasteiger partial charge in [0.2, 0.25) is 5.91 Å². The minimum Gasteiger partial charge on any atom is -0.355 e. The van der Waals surface area contributed by atoms with Gasteiger partial charge in [0, 0.05) is 43.4 Å². The number of nitrogens with two attached hydrogens (primary N) is 1. The number of thiazole rings is 1. The summed E-state index contributed by atoms with van der Waals surface area (Å²) in [6, 6.07) is 8.29. The van der Waals surface area contributed by atoms with Crippen LogP contribution in [0.1, 0.15) is 15.2 Å². The minimum atomic E-state index is -4.15. The van der Waals surface area contributed by atoms with Crippen LogP contribution >= 0.6 is 34.5 Å². The van der Waals surface area contributed by atoms with Crippen LogP contribution in [-0.2, 0) is 15.5 Å². The van der Waals surface area contributed by atoms with Gasteiger partial charge in [-0.25, -0.2) is 15.8 Å². The molecule has 2 aliphatic rings. The summed E-state index contributed by atoms with van der Waals surface area (Å²) in [7, 11) is 0. The molecule has 9 nitrogen and oxygen atoms in total. The third kappa shape index (κ3) is 4.51. The van der Waals surface area contributed by atoms with Gasteiger partial charge in [-0.05, 0) is 24.3 Å². The van der Waals surface area contributed by atoms with Crippen molar-refractivity contribution in [2.75, 3.05) is 31.1 Å². The molecular formula is C24H20Cl2F2N6O3S. The number of anilines is 1. The zero-order chi connectivity index (χ0) is 27.2. The summed E-state index contributed by atoms with van der Waals surface area (Å²) in [5, 5.41) is -0.193. The van der Waals surface area contributed by atoms with E-state index < -0.39 is 34.6 Å². The van der Waals surface area contributed by atoms with Gasteiger partial charge in [0.15, 0.2) is 0 Å². The van der Waals surface area contributed by atoms with E-state index in [9.17, 15) is 14.4 Å². The van der Waals surface area contributed by atoms with Crippen LogP contribution in [0, 0.1) is 11.3 Å². The first kappa shape index (κ1) is 26.4. The van der Waals surface area contributed by atoms with Crippen LogP contribution in [0.3, 0.4) is 0 Å². The molecule has 2 fully saturated rings. The lowest BCUT2D eigenvalue weighted by molar-refractivity contribution is -0.168. The number of benzene rings is 1. The van der Waals surface area contributed by atoms with Gasteiger partial charge in [0.05, 0.1) is 27.7 Å². The van der Waals surface area contributed by atoms with E-state index in [4.69, 9.17) is 29.0 Å². The second-order valence-corrected chi connectivity index (χ2v) is 10.9. The molecule has 1 unspecified atom stereocenters. The molecule has 3 aromatic rings. The van der Waals surface area contributed by atoms with Crippen LogP contribution in [0.25, 0.3) is 0 Å². The topological polar surface area (TPSA) is 113 Å². The Balaban J connectivity index is 1.40. The SMILES string of the molecule is NN(C(=O)C1CN(C(=O)c2cncs2)CC12CN(c1ccccn1)C2)C(=O)C(F)(F)c1ccc(Cl)c(Cl)c1. The van der Waals surface area contributed by atoms with E-state index in [2.05, 4.69) is 9.97 Å². The van der Waals surface area contributed by atoms with Gasteiger partial charge in [0.1, 0.15) is 10.7 Å². The van der Waals surface area contributed by atoms with Gasteiger partial charge < -0.3 is 9.80 Å². The Morgan fingerprint density at radius 1 is 1.13 bits per heavy atom. The number of rotatable bonds is 5. The Bertz CT molecular complexity index is 1390. The van der Waals surface area contributed by atoms with Gasteiger partial charge in [-0.15, -0.1) is 11.3 Å². The fraction of sp³-hybridized carbons (Fsp3) is 0.292. The lowest BCUT2D eigenvalue weighted by Gasteiger charge is -2.51. The first-order chi connectivity index (χ1) is 18.0. The van der Waals surface area contributed by atoms with Crippen LogP contribution in [0.2, 0.25) is 10.0 Å². The number of aromatic nitrogens is 2. The predicted octanol–water partition coefficient (Wildman–Crippen LogP) is 3.44. The standard InChI is InChI=1S/C24H20Cl2F2N6O3S/c25-16-5-4-14(7-17(16)26)24(27,28)22(37)34(29)20(35)15-9-32(21(36)18-8-30-13-38-18)10-23(15)11-33(12-23)19-3-1-2-6-31-19/h1-8,13,15H,9-12,29H2. The van der Waals surface area contributed by atoms with E-state index in [1.54, 1.807) is 18.3 Å². The van der Waals surface area contributed by atoms with Gasteiger partial charge in [-0.1, -0.05) is 35.3 Å². The fourth-order valence-corrected chi connectivity index (χ4v) is 5.80. The number of hydrogen-bond acceptors (Lipinski definition) is 8. The van der Waals surface area contributed by atoms with E-state index in [0.29, 0.717) is 23.8 Å². The predicted molar refractivity (Wildman–Crippen MR) is 137 cm³/mol. The second kappa shape index (κ2) is 9.84. The Hall–Kier alpha value is -3.19. The molecule has 0 bridgehead atoms. The minimum absolute atomic E-state index is 0.0281. The Morgan fingerprint density at radius 2 is 1.89 bits per heavy atom. The van der Waals surface area contributed by atoms with Crippen molar-refractivity contribution in [1.82, 2.24) is 19.9 Å². The summed E-state index contributed by atoms with van der Waals surface area (Å²) in [6.45, 7) is 0.718. The number of alkyl halides is 2. The number of likely N-dealkylation sites (tertiary alicyclic amines) is 1. The number of amides is 3. The quantitative estimate of drug-likeness (QED) is 0.279. The Labute approximate surface area is 229 Å². The molecule has 38 heavy (non-hydrogen) atoms. The number of carbonyl (C=O) groups is 3. The highest BCUT2D eigenvalue weighted by atomic mass is 35.5. The second-order valence-electron chi connectivity index (χ2n) is 9.23. The maximum Gasteiger partial charge on any atom is 0.351 e. The first-order valence-electron chi connectivity index (χ1n) is 11.3. The van der Waals surface area contributed by atoms with Crippen molar-refractivity contribution in [1.29, 1.82) is 0 Å². The number of pyridine rings is 1. The highest BCUT2D eigenvalue weighted by Crippen LogP contribution is 2.46. The molecule has 2 saturated heterocycles. The molecule has 3 amide bonds. The molecule has 1 aromatic carbocycles. The van der Waals surface area contributed by atoms with E-state index in [-0.39, 0.29) is 34.1 Å². The van der Waals surface area contributed by atoms with Crippen molar-refractivity contribution in [2.24, 2.45) is 17.2 Å². The Morgan fingerprint density at radius 3 is 2.53 bits per heavy atom. The van der Waals surface area contributed by atoms with E-state index in [1.165, 1.54) is 16.6 Å². The van der Waals surface area contributed by atoms with Crippen LogP contribution < -0.4 is 10.7 Å². The average Bonchev–Trinajstić information content (AvgIpc) is 3.57. The molecule has 14 heteroatoms. The van der Waals surface area contributed by atoms with Crippen molar-refractivity contribution in [2.45, 2.75) is 5.92 Å². The summed E-state index contributed by atoms with van der Waals surface area (Å²) < 4.78 is 30.2. The molecule has 0 aliphatic carbocycles. The molecular weight excluding hydrogens is 561 g/mol. The van der Waals surface area contributed by atoms with Crippen molar-refractivity contribution in [3.8, 4) is 0 Å². The molecule has 1 atom stereocenters. The largest absolute Gasteiger partial charge is 0.355 e. The van der Waals surface area contributed by atoms with Gasteiger partial charge in [-0.3, -0.25) is 19.4 Å². The number of imide groups is 1. The molecule has 0 radical (unpaired) electrons. The van der Waals surface area contributed by atoms with Gasteiger partial charge >= 0.3 is 11.8 Å². The Kier molecular flexibility index (Phi) is 6.84. The average molecular weight is 581 g/mol. The number of halogens is 4. The normalized spacial score (nSPS) is 18.4. The summed E-state index contributed by atoms with van der Waals surface area (Å²) in [5.41, 5.74) is -0.0569. The summed E-state index contributed by atoms with van der Waals surface area (Å²) >= 11 is 12.8. The van der Waals surface area contributed by atoms with Crippen molar-refractivity contribution in [3.63, 3.8) is 0 Å². The van der Waals surface area contributed by atoms with Crippen LogP contribution in [0.4, 0.5) is 14.6 Å². The zero-order valence-corrected chi connectivity index (χ0v) is 21.9. The maximum atomic E-state index is 15.1. The third-order valence-corrected chi connectivity index (χ3v) is 8.37. The van der Waals surface area contributed by atoms with Gasteiger partial charge in [0.25, 0.3) is 5.91 Å². The van der Waals surface area contributed by atoms with E-state index in [0.717, 1.165) is 29.5 Å². The number of nitrogens with zero attached hydrogens (tertiary/aromatic N) is 5. The van der Waals surface area contributed by atoms with Crippen molar-refractivity contribution < 1.29 is 23.2 Å². The molecule has 0 saturated carbocycles. The van der Waals surface area contributed by atoms with Crippen LogP contribution in [0.5, 0.6) is 0 Å². The monoisotopic (exact) mass is 580 g/mol. The van der Waals surface area contributed by atoms with Crippen LogP contribution in [0.15, 0.2) is 54.3 Å². The maximum absolute atomic E-state index is 15.1. The summed E-state index contributed by atoms with van der Waals surface area (Å²) in [4.78, 5) is 51.4. The highest BCUT2D eigenvalue weighted by molar-refractivity contribution is 7.11.